The van der Waals surface area contributed by atoms with Crippen molar-refractivity contribution in [3.63, 3.8) is 0 Å². The van der Waals surface area contributed by atoms with Crippen LogP contribution in [0.25, 0.3) is 0 Å². The van der Waals surface area contributed by atoms with Crippen LogP contribution >= 0.6 is 0 Å². The zero-order valence-corrected chi connectivity index (χ0v) is 12.3. The first-order valence-electron chi connectivity index (χ1n) is 7.32. The smallest absolute Gasteiger partial charge is 0.0724 e. The van der Waals surface area contributed by atoms with Crippen molar-refractivity contribution < 1.29 is 4.74 Å². The highest BCUT2D eigenvalue weighted by molar-refractivity contribution is 4.83. The summed E-state index contributed by atoms with van der Waals surface area (Å²) in [5.41, 5.74) is 0. The predicted molar refractivity (Wildman–Crippen MR) is 74.2 cm³/mol. The van der Waals surface area contributed by atoms with Crippen molar-refractivity contribution >= 4 is 0 Å². The molecule has 2 atom stereocenters. The molecule has 2 unspecified atom stereocenters. The molecule has 0 amide bonds. The Labute approximate surface area is 108 Å². The van der Waals surface area contributed by atoms with Gasteiger partial charge in [0.2, 0.25) is 0 Å². The van der Waals surface area contributed by atoms with Crippen molar-refractivity contribution in [1.29, 1.82) is 0 Å². The first-order chi connectivity index (χ1) is 8.06. The molecule has 0 aromatic rings. The van der Waals surface area contributed by atoms with Crippen LogP contribution in [0.2, 0.25) is 0 Å². The standard InChI is InChI=1S/C15H31NO/c1-11(2)13(12(3)4)10-16-14-8-6-7-9-15(14)17-5/h11-16H,6-10H2,1-5H3. The average Bonchev–Trinajstić information content (AvgIpc) is 2.29. The molecule has 1 saturated carbocycles. The molecule has 0 aromatic heterocycles. The minimum Gasteiger partial charge on any atom is -0.380 e. The van der Waals surface area contributed by atoms with Crippen molar-refractivity contribution in [1.82, 2.24) is 5.32 Å². The Morgan fingerprint density at radius 1 is 1.06 bits per heavy atom. The normalized spacial score (nSPS) is 26.1. The Hall–Kier alpha value is -0.0800. The van der Waals surface area contributed by atoms with Gasteiger partial charge >= 0.3 is 0 Å². The number of hydrogen-bond acceptors (Lipinski definition) is 2. The highest BCUT2D eigenvalue weighted by Crippen LogP contribution is 2.23. The molecule has 1 aliphatic rings. The molecule has 1 aliphatic carbocycles. The summed E-state index contributed by atoms with van der Waals surface area (Å²) >= 11 is 0. The lowest BCUT2D eigenvalue weighted by atomic mass is 9.84. The first-order valence-corrected chi connectivity index (χ1v) is 7.32. The molecule has 2 heteroatoms. The van der Waals surface area contributed by atoms with Gasteiger partial charge in [-0.1, -0.05) is 40.5 Å². The molecular formula is C15H31NO. The SMILES string of the molecule is COC1CCCCC1NCC(C(C)C)C(C)C. The summed E-state index contributed by atoms with van der Waals surface area (Å²) in [6.45, 7) is 10.5. The third kappa shape index (κ3) is 4.59. The third-order valence-electron chi connectivity index (χ3n) is 4.33. The molecule has 0 radical (unpaired) electrons. The summed E-state index contributed by atoms with van der Waals surface area (Å²) in [4.78, 5) is 0. The molecule has 1 rings (SSSR count). The van der Waals surface area contributed by atoms with Crippen LogP contribution in [0.5, 0.6) is 0 Å². The zero-order valence-electron chi connectivity index (χ0n) is 12.3. The third-order valence-corrected chi connectivity index (χ3v) is 4.33. The molecule has 0 spiro atoms. The van der Waals surface area contributed by atoms with E-state index >= 15 is 0 Å². The average molecular weight is 241 g/mol. The van der Waals surface area contributed by atoms with E-state index in [0.717, 1.165) is 24.3 Å². The predicted octanol–water partition coefficient (Wildman–Crippen LogP) is 3.46. The van der Waals surface area contributed by atoms with Crippen LogP contribution in [0, 0.1) is 17.8 Å². The van der Waals surface area contributed by atoms with E-state index in [4.69, 9.17) is 4.74 Å². The number of methoxy groups -OCH3 is 1. The van der Waals surface area contributed by atoms with Gasteiger partial charge in [0.05, 0.1) is 6.10 Å². The van der Waals surface area contributed by atoms with Crippen molar-refractivity contribution in [2.75, 3.05) is 13.7 Å². The van der Waals surface area contributed by atoms with Crippen LogP contribution in [0.15, 0.2) is 0 Å². The van der Waals surface area contributed by atoms with Gasteiger partial charge in [-0.15, -0.1) is 0 Å². The van der Waals surface area contributed by atoms with Crippen LogP contribution < -0.4 is 5.32 Å². The molecule has 1 fully saturated rings. The van der Waals surface area contributed by atoms with Gasteiger partial charge in [-0.05, 0) is 37.1 Å². The molecule has 0 aromatic carbocycles. The van der Waals surface area contributed by atoms with Crippen molar-refractivity contribution in [3.05, 3.63) is 0 Å². The Balaban J connectivity index is 2.41. The highest BCUT2D eigenvalue weighted by atomic mass is 16.5. The van der Waals surface area contributed by atoms with E-state index in [1.54, 1.807) is 0 Å². The summed E-state index contributed by atoms with van der Waals surface area (Å²) in [5.74, 6) is 2.29. The lowest BCUT2D eigenvalue weighted by Gasteiger charge is -2.34. The quantitative estimate of drug-likeness (QED) is 0.769. The lowest BCUT2D eigenvalue weighted by Crippen LogP contribution is -2.46. The maximum atomic E-state index is 5.59. The fraction of sp³-hybridized carbons (Fsp3) is 1.00. The largest absolute Gasteiger partial charge is 0.380 e. The zero-order chi connectivity index (χ0) is 12.8. The Bertz CT molecular complexity index is 195. The highest BCUT2D eigenvalue weighted by Gasteiger charge is 2.26. The maximum Gasteiger partial charge on any atom is 0.0724 e. The van der Waals surface area contributed by atoms with E-state index in [9.17, 15) is 0 Å². The van der Waals surface area contributed by atoms with Gasteiger partial charge in [0.25, 0.3) is 0 Å². The van der Waals surface area contributed by atoms with E-state index in [0.29, 0.717) is 12.1 Å². The van der Waals surface area contributed by atoms with E-state index in [2.05, 4.69) is 33.0 Å². The maximum absolute atomic E-state index is 5.59. The molecule has 0 saturated heterocycles. The van der Waals surface area contributed by atoms with Gasteiger partial charge < -0.3 is 10.1 Å². The number of ether oxygens (including phenoxy) is 1. The molecule has 1 N–H and O–H groups in total. The summed E-state index contributed by atoms with van der Waals surface area (Å²) in [5, 5.41) is 3.76. The molecule has 0 heterocycles. The van der Waals surface area contributed by atoms with Crippen LogP contribution in [0.4, 0.5) is 0 Å². The molecule has 0 bridgehead atoms. The Morgan fingerprint density at radius 2 is 1.65 bits per heavy atom. The van der Waals surface area contributed by atoms with Crippen LogP contribution in [0.1, 0.15) is 53.4 Å². The molecule has 17 heavy (non-hydrogen) atoms. The van der Waals surface area contributed by atoms with Gasteiger partial charge in [0, 0.05) is 13.2 Å². The Morgan fingerprint density at radius 3 is 2.18 bits per heavy atom. The lowest BCUT2D eigenvalue weighted by molar-refractivity contribution is 0.0386. The number of rotatable bonds is 6. The number of nitrogens with one attached hydrogen (secondary N) is 1. The van der Waals surface area contributed by atoms with Crippen molar-refractivity contribution in [3.8, 4) is 0 Å². The van der Waals surface area contributed by atoms with Gasteiger partial charge in [0.1, 0.15) is 0 Å². The van der Waals surface area contributed by atoms with E-state index in [-0.39, 0.29) is 0 Å². The minimum absolute atomic E-state index is 0.434. The topological polar surface area (TPSA) is 21.3 Å². The summed E-state index contributed by atoms with van der Waals surface area (Å²) in [7, 11) is 1.85. The first kappa shape index (κ1) is 15.0. The fourth-order valence-electron chi connectivity index (χ4n) is 3.14. The van der Waals surface area contributed by atoms with Gasteiger partial charge in [-0.2, -0.15) is 0 Å². The van der Waals surface area contributed by atoms with Gasteiger partial charge in [-0.3, -0.25) is 0 Å². The fourth-order valence-corrected chi connectivity index (χ4v) is 3.14. The summed E-state index contributed by atoms with van der Waals surface area (Å²) < 4.78 is 5.59. The summed E-state index contributed by atoms with van der Waals surface area (Å²) in [6.07, 6.45) is 5.62. The van der Waals surface area contributed by atoms with E-state index in [1.807, 2.05) is 7.11 Å². The Kier molecular flexibility index (Phi) is 6.50. The van der Waals surface area contributed by atoms with Gasteiger partial charge in [-0.25, -0.2) is 0 Å². The van der Waals surface area contributed by atoms with Crippen LogP contribution in [-0.4, -0.2) is 25.8 Å². The second kappa shape index (κ2) is 7.38. The summed E-state index contributed by atoms with van der Waals surface area (Å²) in [6, 6.07) is 0.578. The van der Waals surface area contributed by atoms with Gasteiger partial charge in [0.15, 0.2) is 0 Å². The van der Waals surface area contributed by atoms with Crippen molar-refractivity contribution in [2.45, 2.75) is 65.5 Å². The molecule has 102 valence electrons. The second-order valence-electron chi connectivity index (χ2n) is 6.23. The van der Waals surface area contributed by atoms with Crippen LogP contribution in [0.3, 0.4) is 0 Å². The van der Waals surface area contributed by atoms with E-state index in [1.165, 1.54) is 25.7 Å². The van der Waals surface area contributed by atoms with Crippen molar-refractivity contribution in [2.24, 2.45) is 17.8 Å². The molecule has 0 aliphatic heterocycles. The molecule has 2 nitrogen and oxygen atoms in total. The second-order valence-corrected chi connectivity index (χ2v) is 6.23. The monoisotopic (exact) mass is 241 g/mol. The number of hydrogen-bond donors (Lipinski definition) is 1. The van der Waals surface area contributed by atoms with E-state index < -0.39 is 0 Å². The minimum atomic E-state index is 0.434. The molecular weight excluding hydrogens is 210 g/mol. The van der Waals surface area contributed by atoms with Crippen LogP contribution in [-0.2, 0) is 4.74 Å².